The number of rotatable bonds is 4. The van der Waals surface area contributed by atoms with Crippen molar-refractivity contribution in [2.45, 2.75) is 9.79 Å². The van der Waals surface area contributed by atoms with E-state index in [-0.39, 0.29) is 5.91 Å². The lowest BCUT2D eigenvalue weighted by Crippen LogP contribution is -2.11. The molecule has 0 saturated heterocycles. The minimum absolute atomic E-state index is 0.176. The van der Waals surface area contributed by atoms with Crippen molar-refractivity contribution in [3.05, 3.63) is 78.8 Å². The summed E-state index contributed by atoms with van der Waals surface area (Å²) >= 11 is 1.62. The summed E-state index contributed by atoms with van der Waals surface area (Å²) in [4.78, 5) is 14.2. The van der Waals surface area contributed by atoms with Crippen molar-refractivity contribution in [2.75, 3.05) is 5.32 Å². The summed E-state index contributed by atoms with van der Waals surface area (Å²) in [5, 5.41) is 2.91. The zero-order chi connectivity index (χ0) is 14.5. The molecule has 0 fully saturated rings. The van der Waals surface area contributed by atoms with Crippen LogP contribution in [0, 0.1) is 0 Å². The SMILES string of the molecule is O=C(Nc1ccccc1Sc1ccccc1)c1ccoc1. The second-order valence-corrected chi connectivity index (χ2v) is 5.49. The first kappa shape index (κ1) is 13.5. The van der Waals surface area contributed by atoms with Crippen LogP contribution in [0.25, 0.3) is 0 Å². The molecular formula is C17H13NO2S. The van der Waals surface area contributed by atoms with E-state index in [1.807, 2.05) is 54.6 Å². The van der Waals surface area contributed by atoms with E-state index in [1.54, 1.807) is 17.8 Å². The minimum Gasteiger partial charge on any atom is -0.472 e. The number of carbonyl (C=O) groups is 1. The fourth-order valence-corrected chi connectivity index (χ4v) is 2.79. The number of benzene rings is 2. The molecule has 0 atom stereocenters. The highest BCUT2D eigenvalue weighted by molar-refractivity contribution is 7.99. The summed E-state index contributed by atoms with van der Waals surface area (Å²) in [7, 11) is 0. The maximum Gasteiger partial charge on any atom is 0.258 e. The number of amides is 1. The second kappa shape index (κ2) is 6.33. The Kier molecular flexibility index (Phi) is 4.07. The van der Waals surface area contributed by atoms with E-state index in [0.29, 0.717) is 5.56 Å². The van der Waals surface area contributed by atoms with Crippen molar-refractivity contribution in [1.29, 1.82) is 0 Å². The lowest BCUT2D eigenvalue weighted by atomic mass is 10.3. The van der Waals surface area contributed by atoms with Gasteiger partial charge < -0.3 is 9.73 Å². The van der Waals surface area contributed by atoms with Crippen molar-refractivity contribution in [3.8, 4) is 0 Å². The largest absolute Gasteiger partial charge is 0.472 e. The Morgan fingerprint density at radius 2 is 1.71 bits per heavy atom. The van der Waals surface area contributed by atoms with Crippen LogP contribution in [0.15, 0.2) is 87.4 Å². The van der Waals surface area contributed by atoms with Crippen LogP contribution < -0.4 is 5.32 Å². The smallest absolute Gasteiger partial charge is 0.258 e. The fraction of sp³-hybridized carbons (Fsp3) is 0. The van der Waals surface area contributed by atoms with Crippen LogP contribution in [-0.4, -0.2) is 5.91 Å². The maximum absolute atomic E-state index is 12.1. The monoisotopic (exact) mass is 295 g/mol. The summed E-state index contributed by atoms with van der Waals surface area (Å²) in [6, 6.07) is 19.4. The Bertz CT molecular complexity index is 724. The van der Waals surface area contributed by atoms with E-state index in [9.17, 15) is 4.79 Å². The number of hydrogen-bond donors (Lipinski definition) is 1. The van der Waals surface area contributed by atoms with Crippen LogP contribution in [0.3, 0.4) is 0 Å². The molecule has 0 bridgehead atoms. The average molecular weight is 295 g/mol. The first-order valence-electron chi connectivity index (χ1n) is 6.48. The summed E-state index contributed by atoms with van der Waals surface area (Å²) in [5.41, 5.74) is 1.30. The number of nitrogens with one attached hydrogen (secondary N) is 1. The number of anilines is 1. The van der Waals surface area contributed by atoms with E-state index < -0.39 is 0 Å². The maximum atomic E-state index is 12.1. The molecule has 0 spiro atoms. The van der Waals surface area contributed by atoms with Crippen molar-refractivity contribution < 1.29 is 9.21 Å². The van der Waals surface area contributed by atoms with E-state index in [1.165, 1.54) is 12.5 Å². The van der Waals surface area contributed by atoms with Gasteiger partial charge in [0.15, 0.2) is 0 Å². The molecule has 0 aliphatic heterocycles. The van der Waals surface area contributed by atoms with Crippen LogP contribution in [-0.2, 0) is 0 Å². The van der Waals surface area contributed by atoms with Gasteiger partial charge in [0, 0.05) is 9.79 Å². The van der Waals surface area contributed by atoms with Gasteiger partial charge >= 0.3 is 0 Å². The standard InChI is InChI=1S/C17H13NO2S/c19-17(13-10-11-20-12-13)18-15-8-4-5-9-16(15)21-14-6-2-1-3-7-14/h1-12H,(H,18,19). The zero-order valence-corrected chi connectivity index (χ0v) is 12.0. The van der Waals surface area contributed by atoms with Gasteiger partial charge in [-0.25, -0.2) is 0 Å². The van der Waals surface area contributed by atoms with Crippen LogP contribution in [0.4, 0.5) is 5.69 Å². The van der Waals surface area contributed by atoms with Gasteiger partial charge in [-0.1, -0.05) is 42.1 Å². The summed E-state index contributed by atoms with van der Waals surface area (Å²) in [5.74, 6) is -0.176. The van der Waals surface area contributed by atoms with Crippen LogP contribution in [0.2, 0.25) is 0 Å². The predicted molar refractivity (Wildman–Crippen MR) is 83.7 cm³/mol. The molecule has 1 amide bonds. The Balaban J connectivity index is 1.81. The van der Waals surface area contributed by atoms with E-state index in [0.717, 1.165) is 15.5 Å². The molecule has 0 aliphatic rings. The Hall–Kier alpha value is -2.46. The molecule has 4 heteroatoms. The van der Waals surface area contributed by atoms with E-state index in [2.05, 4.69) is 5.32 Å². The molecule has 0 aliphatic carbocycles. The van der Waals surface area contributed by atoms with Crippen molar-refractivity contribution in [3.63, 3.8) is 0 Å². The van der Waals surface area contributed by atoms with Gasteiger partial charge in [-0.05, 0) is 30.3 Å². The van der Waals surface area contributed by atoms with Crippen molar-refractivity contribution in [2.24, 2.45) is 0 Å². The quantitative estimate of drug-likeness (QED) is 0.759. The van der Waals surface area contributed by atoms with Crippen LogP contribution >= 0.6 is 11.8 Å². The molecule has 3 nitrogen and oxygen atoms in total. The van der Waals surface area contributed by atoms with Gasteiger partial charge in [-0.2, -0.15) is 0 Å². The van der Waals surface area contributed by atoms with Gasteiger partial charge in [0.2, 0.25) is 0 Å². The first-order chi connectivity index (χ1) is 10.3. The zero-order valence-electron chi connectivity index (χ0n) is 11.2. The Morgan fingerprint density at radius 3 is 2.48 bits per heavy atom. The van der Waals surface area contributed by atoms with Gasteiger partial charge in [0.05, 0.1) is 17.5 Å². The molecule has 104 valence electrons. The third-order valence-corrected chi connectivity index (χ3v) is 3.97. The molecule has 3 aromatic rings. The van der Waals surface area contributed by atoms with Gasteiger partial charge in [0.25, 0.3) is 5.91 Å². The summed E-state index contributed by atoms with van der Waals surface area (Å²) in [6.45, 7) is 0. The highest BCUT2D eigenvalue weighted by Crippen LogP contribution is 2.33. The number of carbonyl (C=O) groups excluding carboxylic acids is 1. The lowest BCUT2D eigenvalue weighted by Gasteiger charge is -2.10. The first-order valence-corrected chi connectivity index (χ1v) is 7.30. The second-order valence-electron chi connectivity index (χ2n) is 4.38. The van der Waals surface area contributed by atoms with Crippen molar-refractivity contribution in [1.82, 2.24) is 0 Å². The van der Waals surface area contributed by atoms with E-state index in [4.69, 9.17) is 4.42 Å². The van der Waals surface area contributed by atoms with E-state index >= 15 is 0 Å². The minimum atomic E-state index is -0.176. The van der Waals surface area contributed by atoms with Crippen LogP contribution in [0.5, 0.6) is 0 Å². The molecule has 1 N–H and O–H groups in total. The molecule has 0 saturated carbocycles. The molecule has 1 aromatic heterocycles. The Labute approximate surface area is 127 Å². The average Bonchev–Trinajstić information content (AvgIpc) is 3.05. The number of furan rings is 1. The van der Waals surface area contributed by atoms with Crippen LogP contribution in [0.1, 0.15) is 10.4 Å². The van der Waals surface area contributed by atoms with Crippen molar-refractivity contribution >= 4 is 23.4 Å². The van der Waals surface area contributed by atoms with Gasteiger partial charge in [-0.15, -0.1) is 0 Å². The van der Waals surface area contributed by atoms with Gasteiger partial charge in [0.1, 0.15) is 6.26 Å². The molecule has 0 radical (unpaired) electrons. The fourth-order valence-electron chi connectivity index (χ4n) is 1.86. The Morgan fingerprint density at radius 1 is 0.952 bits per heavy atom. The lowest BCUT2D eigenvalue weighted by molar-refractivity contribution is 0.102. The summed E-state index contributed by atoms with van der Waals surface area (Å²) in [6.07, 6.45) is 2.92. The molecular weight excluding hydrogens is 282 g/mol. The number of para-hydroxylation sites is 1. The van der Waals surface area contributed by atoms with Gasteiger partial charge in [-0.3, -0.25) is 4.79 Å². The third-order valence-electron chi connectivity index (χ3n) is 2.89. The topological polar surface area (TPSA) is 42.2 Å². The highest BCUT2D eigenvalue weighted by atomic mass is 32.2. The third kappa shape index (κ3) is 3.35. The highest BCUT2D eigenvalue weighted by Gasteiger charge is 2.10. The predicted octanol–water partition coefficient (Wildman–Crippen LogP) is 4.68. The normalized spacial score (nSPS) is 10.3. The molecule has 1 heterocycles. The molecule has 3 rings (SSSR count). The molecule has 2 aromatic carbocycles. The molecule has 21 heavy (non-hydrogen) atoms. The number of hydrogen-bond acceptors (Lipinski definition) is 3. The molecule has 0 unspecified atom stereocenters. The summed E-state index contributed by atoms with van der Waals surface area (Å²) < 4.78 is 4.93.